The first-order valence-corrected chi connectivity index (χ1v) is 10.9. The number of aromatic nitrogens is 3. The van der Waals surface area contributed by atoms with Gasteiger partial charge in [-0.3, -0.25) is 10.1 Å². The molecule has 1 aromatic heterocycles. The number of carbonyl (C=O) groups excluding carboxylic acids is 2. The number of nitrogens with zero attached hydrogens (tertiary/aromatic N) is 4. The molecule has 0 aliphatic carbocycles. The summed E-state index contributed by atoms with van der Waals surface area (Å²) < 4.78 is 1.98. The zero-order chi connectivity index (χ0) is 21.4. The van der Waals surface area contributed by atoms with Gasteiger partial charge in [-0.1, -0.05) is 11.8 Å². The first kappa shape index (κ1) is 22.7. The second-order valence-corrected chi connectivity index (χ2v) is 7.69. The molecule has 1 unspecified atom stereocenters. The lowest BCUT2D eigenvalue weighted by Gasteiger charge is -2.21. The van der Waals surface area contributed by atoms with Crippen LogP contribution in [0.25, 0.3) is 11.4 Å². The van der Waals surface area contributed by atoms with Crippen LogP contribution in [-0.2, 0) is 11.3 Å². The van der Waals surface area contributed by atoms with Crippen LogP contribution in [0.3, 0.4) is 0 Å². The average molecular weight is 419 g/mol. The van der Waals surface area contributed by atoms with Gasteiger partial charge in [-0.25, -0.2) is 4.79 Å². The van der Waals surface area contributed by atoms with Gasteiger partial charge in [0.25, 0.3) is 0 Å². The molecule has 9 heteroatoms. The van der Waals surface area contributed by atoms with E-state index < -0.39 is 11.3 Å². The predicted molar refractivity (Wildman–Crippen MR) is 117 cm³/mol. The van der Waals surface area contributed by atoms with Crippen molar-refractivity contribution in [3.05, 3.63) is 24.3 Å². The van der Waals surface area contributed by atoms with Gasteiger partial charge < -0.3 is 14.8 Å². The molecule has 29 heavy (non-hydrogen) atoms. The number of hydrogen-bond donors (Lipinski definition) is 2. The molecule has 8 nitrogen and oxygen atoms in total. The first-order valence-electron chi connectivity index (χ1n) is 9.98. The third kappa shape index (κ3) is 5.72. The van der Waals surface area contributed by atoms with Crippen molar-refractivity contribution < 1.29 is 9.59 Å². The Morgan fingerprint density at radius 3 is 2.31 bits per heavy atom. The zero-order valence-corrected chi connectivity index (χ0v) is 18.5. The number of imide groups is 1. The van der Waals surface area contributed by atoms with Crippen LogP contribution in [0, 0.1) is 0 Å². The SMILES string of the molecule is CCNC(=O)NC(=O)C(C)Sc1nnc(-c2ccc(N(CC)CC)cc2)n1CC. The van der Waals surface area contributed by atoms with Crippen molar-refractivity contribution in [2.75, 3.05) is 24.5 Å². The van der Waals surface area contributed by atoms with Crippen molar-refractivity contribution in [3.63, 3.8) is 0 Å². The highest BCUT2D eigenvalue weighted by molar-refractivity contribution is 8.00. The largest absolute Gasteiger partial charge is 0.372 e. The Morgan fingerprint density at radius 1 is 1.10 bits per heavy atom. The third-order valence-corrected chi connectivity index (χ3v) is 5.59. The Morgan fingerprint density at radius 2 is 1.76 bits per heavy atom. The summed E-state index contributed by atoms with van der Waals surface area (Å²) in [5.74, 6) is 0.397. The third-order valence-electron chi connectivity index (χ3n) is 4.51. The summed E-state index contributed by atoms with van der Waals surface area (Å²) in [6.45, 7) is 12.9. The summed E-state index contributed by atoms with van der Waals surface area (Å²) in [7, 11) is 0. The molecule has 0 saturated carbocycles. The maximum Gasteiger partial charge on any atom is 0.321 e. The van der Waals surface area contributed by atoms with Crippen LogP contribution in [0.4, 0.5) is 10.5 Å². The molecule has 0 spiro atoms. The summed E-state index contributed by atoms with van der Waals surface area (Å²) in [5.41, 5.74) is 2.15. The van der Waals surface area contributed by atoms with Crippen molar-refractivity contribution in [1.82, 2.24) is 25.4 Å². The number of hydrogen-bond acceptors (Lipinski definition) is 6. The quantitative estimate of drug-likeness (QED) is 0.608. The van der Waals surface area contributed by atoms with E-state index >= 15 is 0 Å². The van der Waals surface area contributed by atoms with Crippen LogP contribution in [0.15, 0.2) is 29.4 Å². The van der Waals surface area contributed by atoms with Crippen LogP contribution in [0.5, 0.6) is 0 Å². The van der Waals surface area contributed by atoms with Crippen LogP contribution in [-0.4, -0.2) is 51.6 Å². The van der Waals surface area contributed by atoms with E-state index in [0.717, 1.165) is 24.5 Å². The monoisotopic (exact) mass is 418 g/mol. The standard InChI is InChI=1S/C20H30N6O2S/c1-6-21-19(28)22-18(27)14(5)29-20-24-23-17(26(20)9-4)15-10-12-16(13-11-15)25(7-2)8-3/h10-14H,6-9H2,1-5H3,(H2,21,22,27,28). The number of benzene rings is 1. The maximum atomic E-state index is 12.2. The molecule has 0 saturated heterocycles. The lowest BCUT2D eigenvalue weighted by molar-refractivity contribution is -0.119. The van der Waals surface area contributed by atoms with E-state index in [0.29, 0.717) is 18.2 Å². The fraction of sp³-hybridized carbons (Fsp3) is 0.500. The summed E-state index contributed by atoms with van der Waals surface area (Å²) in [5, 5.41) is 13.7. The second-order valence-electron chi connectivity index (χ2n) is 6.38. The minimum absolute atomic E-state index is 0.364. The van der Waals surface area contributed by atoms with Gasteiger partial charge in [-0.2, -0.15) is 0 Å². The molecule has 158 valence electrons. The van der Waals surface area contributed by atoms with E-state index in [-0.39, 0.29) is 5.91 Å². The molecule has 1 atom stereocenters. The molecule has 2 aromatic rings. The lowest BCUT2D eigenvalue weighted by atomic mass is 10.2. The van der Waals surface area contributed by atoms with Crippen molar-refractivity contribution in [2.24, 2.45) is 0 Å². The van der Waals surface area contributed by atoms with E-state index in [9.17, 15) is 9.59 Å². The van der Waals surface area contributed by atoms with Gasteiger partial charge in [-0.05, 0) is 58.9 Å². The summed E-state index contributed by atoms with van der Waals surface area (Å²) in [4.78, 5) is 26.0. The number of urea groups is 1. The lowest BCUT2D eigenvalue weighted by Crippen LogP contribution is -2.42. The Labute approximate surface area is 176 Å². The number of thioether (sulfide) groups is 1. The Balaban J connectivity index is 2.16. The molecule has 0 bridgehead atoms. The highest BCUT2D eigenvalue weighted by Crippen LogP contribution is 2.28. The number of carbonyl (C=O) groups is 2. The van der Waals surface area contributed by atoms with Gasteiger partial charge in [0.15, 0.2) is 11.0 Å². The fourth-order valence-corrected chi connectivity index (χ4v) is 3.83. The zero-order valence-electron chi connectivity index (χ0n) is 17.7. The van der Waals surface area contributed by atoms with E-state index in [2.05, 4.69) is 51.7 Å². The van der Waals surface area contributed by atoms with Gasteiger partial charge in [0.1, 0.15) is 0 Å². The maximum absolute atomic E-state index is 12.2. The number of nitrogens with one attached hydrogen (secondary N) is 2. The van der Waals surface area contributed by atoms with Crippen molar-refractivity contribution in [3.8, 4) is 11.4 Å². The molecule has 1 aromatic carbocycles. The van der Waals surface area contributed by atoms with E-state index in [1.165, 1.54) is 17.4 Å². The first-order chi connectivity index (χ1) is 13.9. The Hall–Kier alpha value is -2.55. The normalized spacial score (nSPS) is 11.8. The smallest absolute Gasteiger partial charge is 0.321 e. The van der Waals surface area contributed by atoms with E-state index in [1.807, 2.05) is 23.6 Å². The van der Waals surface area contributed by atoms with Crippen LogP contribution in [0.2, 0.25) is 0 Å². The summed E-state index contributed by atoms with van der Waals surface area (Å²) in [6, 6.07) is 7.78. The molecule has 2 N–H and O–H groups in total. The molecule has 1 heterocycles. The minimum atomic E-state index is -0.490. The molecule has 2 rings (SSSR count). The fourth-order valence-electron chi connectivity index (χ4n) is 2.91. The van der Waals surface area contributed by atoms with E-state index in [1.54, 1.807) is 13.8 Å². The molecule has 0 aliphatic heterocycles. The molecule has 0 radical (unpaired) electrons. The van der Waals surface area contributed by atoms with E-state index in [4.69, 9.17) is 0 Å². The Bertz CT molecular complexity index is 817. The summed E-state index contributed by atoms with van der Waals surface area (Å²) >= 11 is 1.28. The van der Waals surface area contributed by atoms with Gasteiger partial charge in [0.05, 0.1) is 5.25 Å². The molecular formula is C20H30N6O2S. The highest BCUT2D eigenvalue weighted by Gasteiger charge is 2.21. The number of anilines is 1. The predicted octanol–water partition coefficient (Wildman–Crippen LogP) is 3.14. The topological polar surface area (TPSA) is 92.2 Å². The molecular weight excluding hydrogens is 388 g/mol. The number of rotatable bonds is 9. The van der Waals surface area contributed by atoms with Gasteiger partial charge in [0, 0.05) is 37.4 Å². The van der Waals surface area contributed by atoms with Crippen molar-refractivity contribution >= 4 is 29.4 Å². The second kappa shape index (κ2) is 10.8. The minimum Gasteiger partial charge on any atom is -0.372 e. The van der Waals surface area contributed by atoms with Gasteiger partial charge >= 0.3 is 6.03 Å². The Kier molecular flexibility index (Phi) is 8.50. The molecule has 0 aliphatic rings. The van der Waals surface area contributed by atoms with Crippen molar-refractivity contribution in [1.29, 1.82) is 0 Å². The van der Waals surface area contributed by atoms with Crippen LogP contribution < -0.4 is 15.5 Å². The molecule has 3 amide bonds. The average Bonchev–Trinajstić information content (AvgIpc) is 3.12. The summed E-state index contributed by atoms with van der Waals surface area (Å²) in [6.07, 6.45) is 0. The van der Waals surface area contributed by atoms with Gasteiger partial charge in [-0.15, -0.1) is 10.2 Å². The number of amides is 3. The van der Waals surface area contributed by atoms with Crippen molar-refractivity contribution in [2.45, 2.75) is 51.6 Å². The molecule has 0 fully saturated rings. The van der Waals surface area contributed by atoms with Gasteiger partial charge in [0.2, 0.25) is 5.91 Å². The van der Waals surface area contributed by atoms with Crippen LogP contribution in [0.1, 0.15) is 34.6 Å². The highest BCUT2D eigenvalue weighted by atomic mass is 32.2. The van der Waals surface area contributed by atoms with Crippen LogP contribution >= 0.6 is 11.8 Å².